The van der Waals surface area contributed by atoms with Crippen LogP contribution in [0.5, 0.6) is 0 Å². The smallest absolute Gasteiger partial charge is 0.182 e. The van der Waals surface area contributed by atoms with Crippen LogP contribution in [-0.2, 0) is 6.42 Å². The SMILES string of the molecule is CCc1nc2c3c(-c4ccc(-c5cccc(-c6nc(-c7ccccc7)nc(-c7ccccc7)n6)n5)cc4)nc4ccccc4c3ccc2n1-c1ccccc1. The van der Waals surface area contributed by atoms with Gasteiger partial charge in [0.05, 0.1) is 27.9 Å². The minimum Gasteiger partial charge on any atom is -0.296 e. The van der Waals surface area contributed by atoms with Crippen molar-refractivity contribution in [2.45, 2.75) is 13.3 Å². The van der Waals surface area contributed by atoms with E-state index in [1.54, 1.807) is 0 Å². The van der Waals surface area contributed by atoms with Crippen molar-refractivity contribution in [2.24, 2.45) is 0 Å². The largest absolute Gasteiger partial charge is 0.296 e. The molecule has 0 bridgehead atoms. The van der Waals surface area contributed by atoms with Gasteiger partial charge in [-0.3, -0.25) is 4.57 Å². The highest BCUT2D eigenvalue weighted by Gasteiger charge is 2.20. The van der Waals surface area contributed by atoms with Crippen molar-refractivity contribution in [1.29, 1.82) is 0 Å². The Morgan fingerprint density at radius 2 is 1.02 bits per heavy atom. The second-order valence-electron chi connectivity index (χ2n) is 13.4. The number of aryl methyl sites for hydroxylation is 1. The molecule has 0 amide bonds. The molecule has 55 heavy (non-hydrogen) atoms. The molecule has 4 heterocycles. The molecule has 0 aliphatic carbocycles. The average Bonchev–Trinajstić information content (AvgIpc) is 3.66. The summed E-state index contributed by atoms with van der Waals surface area (Å²) in [6, 6.07) is 57.7. The molecule has 6 aromatic carbocycles. The van der Waals surface area contributed by atoms with E-state index in [1.807, 2.05) is 91.0 Å². The van der Waals surface area contributed by atoms with Crippen LogP contribution in [0.4, 0.5) is 0 Å². The summed E-state index contributed by atoms with van der Waals surface area (Å²) in [6.07, 6.45) is 0.799. The van der Waals surface area contributed by atoms with Crippen molar-refractivity contribution >= 4 is 32.7 Å². The molecule has 0 atom stereocenters. The van der Waals surface area contributed by atoms with Crippen LogP contribution in [0.3, 0.4) is 0 Å². The molecule has 0 radical (unpaired) electrons. The zero-order valence-corrected chi connectivity index (χ0v) is 30.0. The van der Waals surface area contributed by atoms with Crippen LogP contribution in [0.1, 0.15) is 12.7 Å². The third-order valence-corrected chi connectivity index (χ3v) is 10.0. The van der Waals surface area contributed by atoms with Gasteiger partial charge in [-0.15, -0.1) is 0 Å². The van der Waals surface area contributed by atoms with Crippen LogP contribution < -0.4 is 0 Å². The summed E-state index contributed by atoms with van der Waals surface area (Å²) in [5.41, 5.74) is 10.3. The monoisotopic (exact) mass is 707 g/mol. The first-order valence-electron chi connectivity index (χ1n) is 18.5. The molecule has 7 nitrogen and oxygen atoms in total. The number of benzene rings is 6. The van der Waals surface area contributed by atoms with Crippen LogP contribution >= 0.6 is 0 Å². The fourth-order valence-corrected chi connectivity index (χ4v) is 7.38. The molecule has 10 rings (SSSR count). The average molecular weight is 708 g/mol. The lowest BCUT2D eigenvalue weighted by Gasteiger charge is -2.12. The van der Waals surface area contributed by atoms with Crippen LogP contribution in [-0.4, -0.2) is 34.5 Å². The normalized spacial score (nSPS) is 11.4. The van der Waals surface area contributed by atoms with E-state index in [4.69, 9.17) is 29.9 Å². The van der Waals surface area contributed by atoms with E-state index in [1.165, 1.54) is 0 Å². The first-order valence-corrected chi connectivity index (χ1v) is 18.5. The molecule has 4 aromatic heterocycles. The number of rotatable bonds is 7. The van der Waals surface area contributed by atoms with Crippen LogP contribution in [0, 0.1) is 0 Å². The molecule has 0 saturated carbocycles. The van der Waals surface area contributed by atoms with Gasteiger partial charge in [-0.25, -0.2) is 29.9 Å². The second-order valence-corrected chi connectivity index (χ2v) is 13.4. The van der Waals surface area contributed by atoms with E-state index >= 15 is 0 Å². The number of para-hydroxylation sites is 2. The zero-order valence-electron chi connectivity index (χ0n) is 30.0. The van der Waals surface area contributed by atoms with E-state index in [-0.39, 0.29) is 0 Å². The van der Waals surface area contributed by atoms with Crippen molar-refractivity contribution in [3.63, 3.8) is 0 Å². The summed E-state index contributed by atoms with van der Waals surface area (Å²) in [6.45, 7) is 2.16. The third-order valence-electron chi connectivity index (χ3n) is 10.0. The first-order chi connectivity index (χ1) is 27.2. The summed E-state index contributed by atoms with van der Waals surface area (Å²) in [5, 5.41) is 3.29. The topological polar surface area (TPSA) is 82.3 Å². The molecule has 0 unspecified atom stereocenters. The Hall–Kier alpha value is -7.38. The molecule has 0 fully saturated rings. The maximum atomic E-state index is 5.30. The van der Waals surface area contributed by atoms with E-state index in [9.17, 15) is 0 Å². The zero-order chi connectivity index (χ0) is 36.7. The molecular weight excluding hydrogens is 675 g/mol. The highest BCUT2D eigenvalue weighted by atomic mass is 15.1. The maximum Gasteiger partial charge on any atom is 0.182 e. The van der Waals surface area contributed by atoms with Gasteiger partial charge in [-0.2, -0.15) is 0 Å². The maximum absolute atomic E-state index is 5.30. The molecule has 0 aliphatic rings. The molecule has 0 saturated heterocycles. The number of hydrogen-bond acceptors (Lipinski definition) is 6. The highest BCUT2D eigenvalue weighted by molar-refractivity contribution is 6.19. The van der Waals surface area contributed by atoms with Gasteiger partial charge in [0.15, 0.2) is 17.5 Å². The predicted octanol–water partition coefficient (Wildman–Crippen LogP) is 11.2. The summed E-state index contributed by atoms with van der Waals surface area (Å²) >= 11 is 0. The Bertz CT molecular complexity index is 2940. The van der Waals surface area contributed by atoms with Crippen LogP contribution in [0.2, 0.25) is 0 Å². The van der Waals surface area contributed by atoms with Crippen molar-refractivity contribution in [3.05, 3.63) is 176 Å². The van der Waals surface area contributed by atoms with E-state index in [0.717, 1.165) is 84.3 Å². The van der Waals surface area contributed by atoms with Gasteiger partial charge in [0.1, 0.15) is 11.5 Å². The standard InChI is InChI=1S/C48H33N7/c1-2-42-51-45-41(55(42)35-19-10-5-11-20-35)30-29-37-36-21-12-13-22-39(36)50-44(43(37)45)32-27-25-31(26-28-32)38-23-14-24-40(49-38)48-53-46(33-15-6-3-7-16-33)52-47(54-48)34-17-8-4-9-18-34/h3-30H,2H2,1H3. The summed E-state index contributed by atoms with van der Waals surface area (Å²) < 4.78 is 2.27. The number of hydrogen-bond donors (Lipinski definition) is 0. The van der Waals surface area contributed by atoms with E-state index in [0.29, 0.717) is 23.2 Å². The van der Waals surface area contributed by atoms with Gasteiger partial charge in [0.2, 0.25) is 0 Å². The fourth-order valence-electron chi connectivity index (χ4n) is 7.38. The van der Waals surface area contributed by atoms with Crippen molar-refractivity contribution in [2.75, 3.05) is 0 Å². The summed E-state index contributed by atoms with van der Waals surface area (Å²) in [5.74, 6) is 2.73. The summed E-state index contributed by atoms with van der Waals surface area (Å²) in [7, 11) is 0. The van der Waals surface area contributed by atoms with Gasteiger partial charge in [0, 0.05) is 45.1 Å². The Morgan fingerprint density at radius 1 is 0.418 bits per heavy atom. The van der Waals surface area contributed by atoms with Gasteiger partial charge in [0.25, 0.3) is 0 Å². The van der Waals surface area contributed by atoms with Crippen molar-refractivity contribution in [3.8, 4) is 62.5 Å². The van der Waals surface area contributed by atoms with E-state index in [2.05, 4.69) is 90.4 Å². The fraction of sp³-hybridized carbons (Fsp3) is 0.0417. The molecular formula is C48H33N7. The lowest BCUT2D eigenvalue weighted by Crippen LogP contribution is -2.01. The Labute approximate surface area is 317 Å². The minimum atomic E-state index is 0.517. The van der Waals surface area contributed by atoms with Crippen LogP contribution in [0.25, 0.3) is 95.2 Å². The molecule has 260 valence electrons. The molecule has 0 N–H and O–H groups in total. The lowest BCUT2D eigenvalue weighted by atomic mass is 9.97. The molecule has 0 spiro atoms. The number of fused-ring (bicyclic) bond motifs is 5. The Kier molecular flexibility index (Phi) is 7.95. The number of aromatic nitrogens is 7. The van der Waals surface area contributed by atoms with Gasteiger partial charge < -0.3 is 0 Å². The van der Waals surface area contributed by atoms with Crippen LogP contribution in [0.15, 0.2) is 170 Å². The summed E-state index contributed by atoms with van der Waals surface area (Å²) in [4.78, 5) is 30.3. The molecule has 0 aliphatic heterocycles. The van der Waals surface area contributed by atoms with Crippen molar-refractivity contribution < 1.29 is 0 Å². The van der Waals surface area contributed by atoms with Gasteiger partial charge in [-0.05, 0) is 41.8 Å². The first kappa shape index (κ1) is 32.3. The minimum absolute atomic E-state index is 0.517. The highest BCUT2D eigenvalue weighted by Crippen LogP contribution is 2.39. The lowest BCUT2D eigenvalue weighted by molar-refractivity contribution is 0.908. The second kappa shape index (κ2) is 13.5. The van der Waals surface area contributed by atoms with Gasteiger partial charge in [-0.1, -0.05) is 140 Å². The van der Waals surface area contributed by atoms with Crippen molar-refractivity contribution in [1.82, 2.24) is 34.5 Å². The number of pyridine rings is 2. The Morgan fingerprint density at radius 3 is 1.71 bits per heavy atom. The number of imidazole rings is 1. The van der Waals surface area contributed by atoms with Gasteiger partial charge >= 0.3 is 0 Å². The number of nitrogens with zero attached hydrogens (tertiary/aromatic N) is 7. The molecule has 10 aromatic rings. The Balaban J connectivity index is 1.09. The van der Waals surface area contributed by atoms with E-state index < -0.39 is 0 Å². The third kappa shape index (κ3) is 5.79. The quantitative estimate of drug-likeness (QED) is 0.153. The predicted molar refractivity (Wildman–Crippen MR) is 222 cm³/mol. The molecule has 7 heteroatoms.